The van der Waals surface area contributed by atoms with E-state index in [1.165, 1.54) is 0 Å². The molecule has 1 heterocycles. The van der Waals surface area contributed by atoms with Crippen LogP contribution in [0.15, 0.2) is 24.3 Å². The summed E-state index contributed by atoms with van der Waals surface area (Å²) in [4.78, 5) is 14.4. The number of carbonyl (C=O) groups excluding carboxylic acids is 1. The molecule has 0 aliphatic carbocycles. The van der Waals surface area contributed by atoms with Gasteiger partial charge < -0.3 is 10.4 Å². The molecule has 0 unspecified atom stereocenters. The molecule has 2 N–H and O–H groups in total. The van der Waals surface area contributed by atoms with Crippen LogP contribution in [0.25, 0.3) is 0 Å². The fourth-order valence-corrected chi connectivity index (χ4v) is 2.96. The van der Waals surface area contributed by atoms with Crippen LogP contribution in [-0.4, -0.2) is 46.6 Å². The van der Waals surface area contributed by atoms with Gasteiger partial charge in [-0.15, -0.1) is 0 Å². The molecule has 2 rings (SSSR count). The van der Waals surface area contributed by atoms with Gasteiger partial charge >= 0.3 is 0 Å². The number of carbonyl (C=O) groups is 1. The van der Waals surface area contributed by atoms with E-state index < -0.39 is 0 Å². The van der Waals surface area contributed by atoms with Crippen molar-refractivity contribution in [2.24, 2.45) is 0 Å². The number of aliphatic hydroxyl groups excluding tert-OH is 1. The number of hydrogen-bond donors (Lipinski definition) is 2. The molecule has 1 aliphatic heterocycles. The first-order valence-corrected chi connectivity index (χ1v) is 9.18. The maximum Gasteiger partial charge on any atom is 0.225 e. The number of thioether (sulfide) groups is 1. The number of nitrogens with one attached hydrogen (secondary N) is 1. The molecule has 1 saturated heterocycles. The molecule has 0 aromatic heterocycles. The van der Waals surface area contributed by atoms with Crippen molar-refractivity contribution in [1.29, 1.82) is 0 Å². The highest BCUT2D eigenvalue weighted by molar-refractivity contribution is 7.99. The van der Waals surface area contributed by atoms with Gasteiger partial charge in [0.25, 0.3) is 0 Å². The van der Waals surface area contributed by atoms with Gasteiger partial charge in [0.2, 0.25) is 5.91 Å². The van der Waals surface area contributed by atoms with Crippen molar-refractivity contribution < 1.29 is 9.90 Å². The summed E-state index contributed by atoms with van der Waals surface area (Å²) in [6, 6.07) is 8.00. The van der Waals surface area contributed by atoms with E-state index in [1.807, 2.05) is 24.5 Å². The molecular formula is C17H26N2O2S. The summed E-state index contributed by atoms with van der Waals surface area (Å²) in [7, 11) is 0. The zero-order chi connectivity index (χ0) is 15.9. The molecule has 0 bridgehead atoms. The molecule has 1 aromatic carbocycles. The Bertz CT molecular complexity index is 487. The van der Waals surface area contributed by atoms with Crippen LogP contribution in [0.3, 0.4) is 0 Å². The van der Waals surface area contributed by atoms with Gasteiger partial charge in [-0.25, -0.2) is 0 Å². The molecule has 1 aliphatic rings. The Kier molecular flexibility index (Phi) is 6.73. The number of aliphatic hydroxyl groups is 1. The topological polar surface area (TPSA) is 52.6 Å². The number of hydrogen-bond acceptors (Lipinski definition) is 4. The van der Waals surface area contributed by atoms with E-state index in [2.05, 4.69) is 23.2 Å². The van der Waals surface area contributed by atoms with Crippen molar-refractivity contribution in [3.8, 4) is 0 Å². The summed E-state index contributed by atoms with van der Waals surface area (Å²) in [5.41, 5.74) is 2.05. The molecule has 1 atom stereocenters. The van der Waals surface area contributed by atoms with Crippen molar-refractivity contribution in [3.63, 3.8) is 0 Å². The molecule has 22 heavy (non-hydrogen) atoms. The lowest BCUT2D eigenvalue weighted by Crippen LogP contribution is -2.35. The fraction of sp³-hybridized carbons (Fsp3) is 0.588. The van der Waals surface area contributed by atoms with E-state index in [9.17, 15) is 9.90 Å². The van der Waals surface area contributed by atoms with E-state index in [0.717, 1.165) is 43.7 Å². The largest absolute Gasteiger partial charge is 0.393 e. The van der Waals surface area contributed by atoms with Gasteiger partial charge in [0.05, 0.1) is 6.10 Å². The van der Waals surface area contributed by atoms with E-state index in [4.69, 9.17) is 0 Å². The molecule has 1 aromatic rings. The highest BCUT2D eigenvalue weighted by Gasteiger charge is 2.18. The predicted molar refractivity (Wildman–Crippen MR) is 93.2 cm³/mol. The van der Waals surface area contributed by atoms with Crippen molar-refractivity contribution in [2.75, 3.05) is 24.7 Å². The summed E-state index contributed by atoms with van der Waals surface area (Å²) in [6.07, 6.45) is 4.07. The van der Waals surface area contributed by atoms with Crippen LogP contribution in [0.5, 0.6) is 0 Å². The zero-order valence-electron chi connectivity index (χ0n) is 13.4. The molecule has 1 fully saturated rings. The number of amides is 1. The zero-order valence-corrected chi connectivity index (χ0v) is 14.2. The Balaban J connectivity index is 1.96. The third kappa shape index (κ3) is 5.30. The second kappa shape index (κ2) is 8.56. The van der Waals surface area contributed by atoms with Crippen LogP contribution in [-0.2, 0) is 11.3 Å². The van der Waals surface area contributed by atoms with E-state index in [0.29, 0.717) is 11.7 Å². The minimum Gasteiger partial charge on any atom is -0.393 e. The number of benzene rings is 1. The number of rotatable bonds is 6. The maximum absolute atomic E-state index is 12.1. The summed E-state index contributed by atoms with van der Waals surface area (Å²) >= 11 is 1.70. The lowest BCUT2D eigenvalue weighted by atomic mass is 10.1. The van der Waals surface area contributed by atoms with Gasteiger partial charge in [-0.3, -0.25) is 9.69 Å². The van der Waals surface area contributed by atoms with Crippen LogP contribution >= 0.6 is 11.8 Å². The molecule has 1 amide bonds. The van der Waals surface area contributed by atoms with Crippen LogP contribution in [0.4, 0.5) is 5.69 Å². The van der Waals surface area contributed by atoms with Gasteiger partial charge in [0.15, 0.2) is 0 Å². The Labute approximate surface area is 137 Å². The number of nitrogens with zero attached hydrogens (tertiary/aromatic N) is 1. The van der Waals surface area contributed by atoms with E-state index >= 15 is 0 Å². The first kappa shape index (κ1) is 17.3. The van der Waals surface area contributed by atoms with Gasteiger partial charge in [-0.05, 0) is 30.7 Å². The van der Waals surface area contributed by atoms with E-state index in [-0.39, 0.29) is 12.0 Å². The predicted octanol–water partition coefficient (Wildman–Crippen LogP) is 2.72. The molecule has 4 nitrogen and oxygen atoms in total. The smallest absolute Gasteiger partial charge is 0.225 e. The fourth-order valence-electron chi connectivity index (χ4n) is 2.64. The molecule has 5 heteroatoms. The second-order valence-electron chi connectivity index (χ2n) is 5.96. The molecule has 0 radical (unpaired) electrons. The van der Waals surface area contributed by atoms with Crippen molar-refractivity contribution in [1.82, 2.24) is 4.90 Å². The summed E-state index contributed by atoms with van der Waals surface area (Å²) in [5, 5.41) is 13.0. The highest BCUT2D eigenvalue weighted by atomic mass is 32.2. The first-order chi connectivity index (χ1) is 10.6. The van der Waals surface area contributed by atoms with E-state index in [1.54, 1.807) is 11.8 Å². The van der Waals surface area contributed by atoms with Gasteiger partial charge in [-0.2, -0.15) is 11.8 Å². The lowest BCUT2D eigenvalue weighted by molar-refractivity contribution is -0.116. The number of anilines is 1. The minimum atomic E-state index is -0.153. The van der Waals surface area contributed by atoms with Gasteiger partial charge in [0.1, 0.15) is 0 Å². The van der Waals surface area contributed by atoms with Crippen LogP contribution in [0.1, 0.15) is 31.7 Å². The SMILES string of the molecule is CS[C@@H](C)CC(=O)Nc1ccccc1CN1CCC(O)CC1. The molecule has 0 saturated carbocycles. The van der Waals surface area contributed by atoms with Crippen molar-refractivity contribution in [2.45, 2.75) is 44.1 Å². The Morgan fingerprint density at radius 1 is 1.41 bits per heavy atom. The average molecular weight is 322 g/mol. The Morgan fingerprint density at radius 2 is 2.09 bits per heavy atom. The minimum absolute atomic E-state index is 0.0726. The number of likely N-dealkylation sites (tertiary alicyclic amines) is 1. The first-order valence-electron chi connectivity index (χ1n) is 7.89. The normalized spacial score (nSPS) is 18.1. The number of piperidine rings is 1. The molecule has 122 valence electrons. The third-order valence-electron chi connectivity index (χ3n) is 4.12. The summed E-state index contributed by atoms with van der Waals surface area (Å²) in [5.74, 6) is 0.0726. The second-order valence-corrected chi connectivity index (χ2v) is 7.24. The summed E-state index contributed by atoms with van der Waals surface area (Å²) in [6.45, 7) is 4.70. The van der Waals surface area contributed by atoms with Crippen molar-refractivity contribution >= 4 is 23.4 Å². The molecule has 0 spiro atoms. The lowest BCUT2D eigenvalue weighted by Gasteiger charge is -2.30. The summed E-state index contributed by atoms with van der Waals surface area (Å²) < 4.78 is 0. The highest BCUT2D eigenvalue weighted by Crippen LogP contribution is 2.21. The van der Waals surface area contributed by atoms with Crippen LogP contribution < -0.4 is 5.32 Å². The quantitative estimate of drug-likeness (QED) is 0.845. The van der Waals surface area contributed by atoms with Crippen LogP contribution in [0, 0.1) is 0 Å². The third-order valence-corrected chi connectivity index (χ3v) is 5.09. The number of para-hydroxylation sites is 1. The maximum atomic E-state index is 12.1. The van der Waals surface area contributed by atoms with Gasteiger partial charge in [0, 0.05) is 37.0 Å². The van der Waals surface area contributed by atoms with Crippen molar-refractivity contribution in [3.05, 3.63) is 29.8 Å². The van der Waals surface area contributed by atoms with Gasteiger partial charge in [-0.1, -0.05) is 25.1 Å². The standard InChI is InChI=1S/C17H26N2O2S/c1-13(22-2)11-17(21)18-16-6-4-3-5-14(16)12-19-9-7-15(20)8-10-19/h3-6,13,15,20H,7-12H2,1-2H3,(H,18,21)/t13-/m0/s1. The Morgan fingerprint density at radius 3 is 2.77 bits per heavy atom. The monoisotopic (exact) mass is 322 g/mol. The Hall–Kier alpha value is -1.04. The average Bonchev–Trinajstić information content (AvgIpc) is 2.51. The van der Waals surface area contributed by atoms with Crippen LogP contribution in [0.2, 0.25) is 0 Å². The molecular weight excluding hydrogens is 296 g/mol.